The van der Waals surface area contributed by atoms with Gasteiger partial charge in [0.05, 0.1) is 5.41 Å². The lowest BCUT2D eigenvalue weighted by atomic mass is 9.40. The second-order valence-corrected chi connectivity index (χ2v) is 8.74. The van der Waals surface area contributed by atoms with Crippen molar-refractivity contribution in [1.29, 1.82) is 0 Å². The van der Waals surface area contributed by atoms with Gasteiger partial charge in [-0.3, -0.25) is 4.79 Å². The smallest absolute Gasteiger partial charge is 0.228 e. The number of halogens is 1. The molecule has 0 aromatic rings. The van der Waals surface area contributed by atoms with Crippen molar-refractivity contribution < 1.29 is 4.79 Å². The first-order chi connectivity index (χ1) is 9.30. The molecule has 4 bridgehead atoms. The monoisotopic (exact) mass is 314 g/mol. The van der Waals surface area contributed by atoms with Gasteiger partial charge in [0, 0.05) is 20.1 Å². The Hall–Kier alpha value is -0.280. The van der Waals surface area contributed by atoms with Crippen molar-refractivity contribution in [2.24, 2.45) is 22.2 Å². The Morgan fingerprint density at radius 3 is 2.19 bits per heavy atom. The number of carbonyl (C=O) groups excluding carboxylic acids is 1. The van der Waals surface area contributed by atoms with Gasteiger partial charge >= 0.3 is 0 Å². The normalized spacial score (nSPS) is 43.5. The number of hydrogen-bond donors (Lipinski definition) is 1. The Kier molecular flexibility index (Phi) is 4.41. The molecule has 4 heteroatoms. The fourth-order valence-corrected chi connectivity index (χ4v) is 6.47. The average Bonchev–Trinajstić information content (AvgIpc) is 2.30. The van der Waals surface area contributed by atoms with Crippen LogP contribution in [0.1, 0.15) is 52.4 Å². The van der Waals surface area contributed by atoms with Gasteiger partial charge in [-0.2, -0.15) is 0 Å². The fourth-order valence-electron chi connectivity index (χ4n) is 6.47. The third kappa shape index (κ3) is 2.84. The molecule has 0 radical (unpaired) electrons. The summed E-state index contributed by atoms with van der Waals surface area (Å²) >= 11 is 0. The lowest BCUT2D eigenvalue weighted by Crippen LogP contribution is -2.60. The van der Waals surface area contributed by atoms with Gasteiger partial charge < -0.3 is 10.2 Å². The van der Waals surface area contributed by atoms with Crippen LogP contribution in [0.3, 0.4) is 0 Å². The van der Waals surface area contributed by atoms with E-state index in [-0.39, 0.29) is 17.8 Å². The van der Waals surface area contributed by atoms with E-state index >= 15 is 0 Å². The lowest BCUT2D eigenvalue weighted by Gasteiger charge is -2.65. The van der Waals surface area contributed by atoms with Gasteiger partial charge in [-0.15, -0.1) is 12.4 Å². The van der Waals surface area contributed by atoms with Crippen LogP contribution in [0.5, 0.6) is 0 Å². The van der Waals surface area contributed by atoms with Gasteiger partial charge in [-0.05, 0) is 62.3 Å². The van der Waals surface area contributed by atoms with E-state index in [1.807, 2.05) is 19.0 Å². The Morgan fingerprint density at radius 2 is 1.71 bits per heavy atom. The van der Waals surface area contributed by atoms with Crippen molar-refractivity contribution in [3.8, 4) is 0 Å². The van der Waals surface area contributed by atoms with Gasteiger partial charge in [0.1, 0.15) is 0 Å². The Balaban J connectivity index is 0.00000161. The predicted octanol–water partition coefficient (Wildman–Crippen LogP) is 3.08. The summed E-state index contributed by atoms with van der Waals surface area (Å²) in [4.78, 5) is 15.1. The molecule has 0 aromatic heterocycles. The molecule has 4 aliphatic rings. The van der Waals surface area contributed by atoms with E-state index in [4.69, 9.17) is 0 Å². The van der Waals surface area contributed by atoms with E-state index in [2.05, 4.69) is 19.2 Å². The third-order valence-electron chi connectivity index (χ3n) is 6.12. The van der Waals surface area contributed by atoms with E-state index in [1.165, 1.54) is 19.3 Å². The molecule has 0 spiro atoms. The van der Waals surface area contributed by atoms with E-state index in [9.17, 15) is 4.79 Å². The molecule has 0 heterocycles. The average molecular weight is 315 g/mol. The molecule has 0 aliphatic heterocycles. The van der Waals surface area contributed by atoms with Crippen LogP contribution < -0.4 is 5.32 Å². The van der Waals surface area contributed by atoms with Crippen LogP contribution in [0.15, 0.2) is 0 Å². The molecule has 0 aromatic carbocycles. The second-order valence-electron chi connectivity index (χ2n) is 8.74. The minimum atomic E-state index is -0.0363. The summed E-state index contributed by atoms with van der Waals surface area (Å²) in [6, 6.07) is 0. The molecule has 2 atom stereocenters. The summed E-state index contributed by atoms with van der Waals surface area (Å²) < 4.78 is 0. The minimum absolute atomic E-state index is 0. The van der Waals surface area contributed by atoms with E-state index < -0.39 is 0 Å². The third-order valence-corrected chi connectivity index (χ3v) is 6.12. The summed E-state index contributed by atoms with van der Waals surface area (Å²) in [6.07, 6.45) is 7.48. The molecule has 3 nitrogen and oxygen atoms in total. The molecule has 122 valence electrons. The molecular formula is C17H31ClN2O. The maximum absolute atomic E-state index is 13.1. The van der Waals surface area contributed by atoms with E-state index in [0.717, 1.165) is 38.3 Å². The molecule has 2 unspecified atom stereocenters. The number of nitrogens with zero attached hydrogens (tertiary/aromatic N) is 1. The number of likely N-dealkylation sites (N-methyl/N-ethyl adjacent to an activating group) is 2. The summed E-state index contributed by atoms with van der Waals surface area (Å²) in [5.41, 5.74) is 0.812. The number of hydrogen-bond acceptors (Lipinski definition) is 2. The van der Waals surface area contributed by atoms with Crippen LogP contribution in [0, 0.1) is 22.2 Å². The highest BCUT2D eigenvalue weighted by Crippen LogP contribution is 2.69. The zero-order chi connectivity index (χ0) is 14.6. The van der Waals surface area contributed by atoms with Gasteiger partial charge in [0.15, 0.2) is 0 Å². The highest BCUT2D eigenvalue weighted by Gasteiger charge is 2.63. The molecule has 4 aliphatic carbocycles. The zero-order valence-corrected chi connectivity index (χ0v) is 14.8. The first-order valence-electron chi connectivity index (χ1n) is 8.20. The van der Waals surface area contributed by atoms with Crippen molar-refractivity contribution in [2.75, 3.05) is 27.2 Å². The Bertz CT molecular complexity index is 407. The zero-order valence-electron chi connectivity index (χ0n) is 14.0. The summed E-state index contributed by atoms with van der Waals surface area (Å²) in [6.45, 7) is 6.59. The van der Waals surface area contributed by atoms with E-state index in [0.29, 0.717) is 16.7 Å². The quantitative estimate of drug-likeness (QED) is 0.865. The van der Waals surface area contributed by atoms with Crippen molar-refractivity contribution in [3.63, 3.8) is 0 Å². The number of rotatable bonds is 4. The first-order valence-corrected chi connectivity index (χ1v) is 8.20. The highest BCUT2D eigenvalue weighted by molar-refractivity contribution is 5.85. The Morgan fingerprint density at radius 1 is 1.14 bits per heavy atom. The molecule has 4 fully saturated rings. The van der Waals surface area contributed by atoms with Crippen molar-refractivity contribution >= 4 is 18.3 Å². The van der Waals surface area contributed by atoms with Crippen LogP contribution in [-0.4, -0.2) is 38.0 Å². The molecule has 4 saturated carbocycles. The molecular weight excluding hydrogens is 284 g/mol. The van der Waals surface area contributed by atoms with Gasteiger partial charge in [-0.25, -0.2) is 0 Å². The minimum Gasteiger partial charge on any atom is -0.344 e. The molecule has 1 N–H and O–H groups in total. The van der Waals surface area contributed by atoms with Crippen LogP contribution >= 0.6 is 12.4 Å². The van der Waals surface area contributed by atoms with Crippen LogP contribution in [0.2, 0.25) is 0 Å². The lowest BCUT2D eigenvalue weighted by molar-refractivity contribution is -0.178. The number of amides is 1. The van der Waals surface area contributed by atoms with Gasteiger partial charge in [-0.1, -0.05) is 13.8 Å². The van der Waals surface area contributed by atoms with E-state index in [1.54, 1.807) is 0 Å². The standard InChI is InChI=1S/C17H30N2O.ClH/c1-15-7-13-8-16(2,10-15)12-17(9-13,11-15)14(20)19(4)6-5-18-3;/h13,18H,5-12H2,1-4H3;1H. The SMILES string of the molecule is CNCCN(C)C(=O)C12CC3CC(C)(CC(C)(C3)C1)C2.Cl. The fraction of sp³-hybridized carbons (Fsp3) is 0.941. The van der Waals surface area contributed by atoms with Crippen LogP contribution in [0.25, 0.3) is 0 Å². The second kappa shape index (κ2) is 5.42. The van der Waals surface area contributed by atoms with Gasteiger partial charge in [0.2, 0.25) is 5.91 Å². The highest BCUT2D eigenvalue weighted by atomic mass is 35.5. The molecule has 4 rings (SSSR count). The van der Waals surface area contributed by atoms with Crippen molar-refractivity contribution in [2.45, 2.75) is 52.4 Å². The number of nitrogens with one attached hydrogen (secondary N) is 1. The van der Waals surface area contributed by atoms with Crippen LogP contribution in [0.4, 0.5) is 0 Å². The first kappa shape index (κ1) is 17.1. The topological polar surface area (TPSA) is 32.3 Å². The summed E-state index contributed by atoms with van der Waals surface area (Å²) in [5, 5.41) is 3.15. The maximum atomic E-state index is 13.1. The largest absolute Gasteiger partial charge is 0.344 e. The molecule has 1 amide bonds. The summed E-state index contributed by atoms with van der Waals surface area (Å²) in [5.74, 6) is 1.22. The number of carbonyl (C=O) groups is 1. The Labute approximate surface area is 135 Å². The summed E-state index contributed by atoms with van der Waals surface area (Å²) in [7, 11) is 3.94. The van der Waals surface area contributed by atoms with Crippen molar-refractivity contribution in [3.05, 3.63) is 0 Å². The van der Waals surface area contributed by atoms with Crippen molar-refractivity contribution in [1.82, 2.24) is 10.2 Å². The van der Waals surface area contributed by atoms with Gasteiger partial charge in [0.25, 0.3) is 0 Å². The van der Waals surface area contributed by atoms with Crippen LogP contribution in [-0.2, 0) is 4.79 Å². The predicted molar refractivity (Wildman–Crippen MR) is 88.7 cm³/mol. The molecule has 0 saturated heterocycles. The maximum Gasteiger partial charge on any atom is 0.228 e. The molecule has 21 heavy (non-hydrogen) atoms.